The van der Waals surface area contributed by atoms with Crippen LogP contribution in [0, 0.1) is 17.8 Å². The van der Waals surface area contributed by atoms with Gasteiger partial charge in [-0.15, -0.1) is 0 Å². The van der Waals surface area contributed by atoms with Crippen LogP contribution in [0.3, 0.4) is 0 Å². The molecule has 1 aliphatic carbocycles. The molecule has 0 amide bonds. The molecule has 1 rings (SSSR count). The van der Waals surface area contributed by atoms with Gasteiger partial charge in [-0.2, -0.15) is 0 Å². The van der Waals surface area contributed by atoms with E-state index in [9.17, 15) is 22.6 Å². The number of rotatable bonds is 5. The van der Waals surface area contributed by atoms with Crippen LogP contribution in [0.25, 0.3) is 0 Å². The average Bonchev–Trinajstić information content (AvgIpc) is 3.06. The SMILES string of the molecule is CC(C)(C)OC(=O)[C@@H]1C(C[N+](C)(C)C)[C@H]1C(=O)OC(C)(C)C.COS(=O)(=O)[O-]. The Kier molecular flexibility index (Phi) is 8.66. The molecule has 0 bridgehead atoms. The fourth-order valence-corrected chi connectivity index (χ4v) is 2.62. The zero-order valence-electron chi connectivity index (χ0n) is 18.6. The fourth-order valence-electron chi connectivity index (χ4n) is 2.62. The van der Waals surface area contributed by atoms with Crippen molar-refractivity contribution in [1.29, 1.82) is 0 Å². The molecule has 0 saturated heterocycles. The third-order valence-electron chi connectivity index (χ3n) is 3.49. The number of hydrogen-bond acceptors (Lipinski definition) is 8. The quantitative estimate of drug-likeness (QED) is 0.280. The average molecular weight is 426 g/mol. The monoisotopic (exact) mass is 425 g/mol. The maximum atomic E-state index is 12.4. The molecule has 0 N–H and O–H groups in total. The van der Waals surface area contributed by atoms with Gasteiger partial charge in [-0.1, -0.05) is 0 Å². The number of carbonyl (C=O) groups is 2. The zero-order chi connectivity index (χ0) is 22.7. The summed E-state index contributed by atoms with van der Waals surface area (Å²) in [5.74, 6) is -1.36. The van der Waals surface area contributed by atoms with Crippen molar-refractivity contribution in [3.05, 3.63) is 0 Å². The molecule has 0 aromatic carbocycles. The van der Waals surface area contributed by atoms with Gasteiger partial charge in [-0.3, -0.25) is 13.8 Å². The van der Waals surface area contributed by atoms with Crippen LogP contribution in [0.1, 0.15) is 41.5 Å². The minimum absolute atomic E-state index is 0.00954. The van der Waals surface area contributed by atoms with Crippen molar-refractivity contribution < 1.29 is 40.7 Å². The zero-order valence-corrected chi connectivity index (χ0v) is 19.4. The lowest BCUT2D eigenvalue weighted by Crippen LogP contribution is -2.37. The first-order chi connectivity index (χ1) is 12.2. The van der Waals surface area contributed by atoms with Gasteiger partial charge in [0.1, 0.15) is 11.2 Å². The van der Waals surface area contributed by atoms with Gasteiger partial charge in [0, 0.05) is 5.92 Å². The van der Waals surface area contributed by atoms with Gasteiger partial charge in [0.15, 0.2) is 0 Å². The minimum Gasteiger partial charge on any atom is -0.726 e. The maximum absolute atomic E-state index is 12.4. The summed E-state index contributed by atoms with van der Waals surface area (Å²) in [5, 5.41) is 0. The van der Waals surface area contributed by atoms with Crippen molar-refractivity contribution >= 4 is 22.3 Å². The number of ether oxygens (including phenoxy) is 2. The molecule has 10 heteroatoms. The van der Waals surface area contributed by atoms with E-state index in [1.807, 2.05) is 41.5 Å². The fraction of sp³-hybridized carbons (Fsp3) is 0.889. The molecule has 0 spiro atoms. The molecule has 1 saturated carbocycles. The summed E-state index contributed by atoms with van der Waals surface area (Å²) in [6, 6.07) is 0. The Bertz CT molecular complexity index is 619. The summed E-state index contributed by atoms with van der Waals surface area (Å²) in [5.41, 5.74) is -1.08. The summed E-state index contributed by atoms with van der Waals surface area (Å²) in [6.07, 6.45) is 0. The van der Waals surface area contributed by atoms with Gasteiger partial charge in [-0.25, -0.2) is 8.42 Å². The molecule has 1 fully saturated rings. The third kappa shape index (κ3) is 11.6. The largest absolute Gasteiger partial charge is 0.726 e. The highest BCUT2D eigenvalue weighted by atomic mass is 32.3. The predicted molar refractivity (Wildman–Crippen MR) is 102 cm³/mol. The molecule has 1 aliphatic rings. The predicted octanol–water partition coefficient (Wildman–Crippen LogP) is 1.33. The normalized spacial score (nSPS) is 22.6. The summed E-state index contributed by atoms with van der Waals surface area (Å²) in [7, 11) is 2.55. The smallest absolute Gasteiger partial charge is 0.310 e. The second-order valence-corrected chi connectivity index (χ2v) is 11.0. The van der Waals surface area contributed by atoms with Gasteiger partial charge < -0.3 is 18.5 Å². The Morgan fingerprint density at radius 1 is 0.893 bits per heavy atom. The molecule has 0 aromatic heterocycles. The van der Waals surface area contributed by atoms with Crippen molar-refractivity contribution in [2.75, 3.05) is 34.8 Å². The minimum atomic E-state index is -4.41. The van der Waals surface area contributed by atoms with Crippen LogP contribution in [0.15, 0.2) is 0 Å². The van der Waals surface area contributed by atoms with Crippen LogP contribution in [0.5, 0.6) is 0 Å². The number of carbonyl (C=O) groups excluding carboxylic acids is 2. The third-order valence-corrected chi connectivity index (χ3v) is 3.90. The Balaban J connectivity index is 0.00000105. The standard InChI is InChI=1S/C17H32NO4.CH4O4S/c1-16(2,3)21-14(19)12-11(10-18(7,8)9)13(12)15(20)22-17(4,5)6;1-5-6(2,3)4/h11-13H,10H2,1-9H3;1H3,(H,2,3,4)/q+1;/p-1/t12-,13-;/m1./s1. The summed E-state index contributed by atoms with van der Waals surface area (Å²) >= 11 is 0. The maximum Gasteiger partial charge on any atom is 0.310 e. The van der Waals surface area contributed by atoms with E-state index >= 15 is 0 Å². The summed E-state index contributed by atoms with van der Waals surface area (Å²) in [4.78, 5) is 24.7. The van der Waals surface area contributed by atoms with Crippen LogP contribution in [0.2, 0.25) is 0 Å². The Hall–Kier alpha value is -1.23. The highest BCUT2D eigenvalue weighted by Gasteiger charge is 2.63. The van der Waals surface area contributed by atoms with Crippen LogP contribution in [-0.4, -0.2) is 75.4 Å². The van der Waals surface area contributed by atoms with Gasteiger partial charge in [0.2, 0.25) is 10.4 Å². The lowest BCUT2D eigenvalue weighted by atomic mass is 10.2. The molecule has 0 aliphatic heterocycles. The van der Waals surface area contributed by atoms with Gasteiger partial charge in [-0.05, 0) is 41.5 Å². The number of nitrogens with zero attached hydrogens (tertiary/aromatic N) is 1. The molecule has 0 unspecified atom stereocenters. The van der Waals surface area contributed by atoms with E-state index < -0.39 is 21.6 Å². The second kappa shape index (κ2) is 9.06. The van der Waals surface area contributed by atoms with Crippen molar-refractivity contribution in [2.45, 2.75) is 52.7 Å². The van der Waals surface area contributed by atoms with Gasteiger partial charge >= 0.3 is 11.9 Å². The lowest BCUT2D eigenvalue weighted by molar-refractivity contribution is -0.872. The highest BCUT2D eigenvalue weighted by molar-refractivity contribution is 7.80. The van der Waals surface area contributed by atoms with Crippen molar-refractivity contribution in [3.63, 3.8) is 0 Å². The van der Waals surface area contributed by atoms with Crippen LogP contribution < -0.4 is 0 Å². The van der Waals surface area contributed by atoms with E-state index in [1.54, 1.807) is 0 Å². The van der Waals surface area contributed by atoms with E-state index in [2.05, 4.69) is 25.3 Å². The molecule has 28 heavy (non-hydrogen) atoms. The van der Waals surface area contributed by atoms with E-state index in [1.165, 1.54) is 0 Å². The van der Waals surface area contributed by atoms with Crippen LogP contribution in [-0.2, 0) is 33.6 Å². The molecular weight excluding hydrogens is 390 g/mol. The summed E-state index contributed by atoms with van der Waals surface area (Å²) in [6.45, 7) is 11.8. The van der Waals surface area contributed by atoms with Crippen LogP contribution >= 0.6 is 0 Å². The molecule has 2 atom stereocenters. The van der Waals surface area contributed by atoms with E-state index in [-0.39, 0.29) is 29.7 Å². The van der Waals surface area contributed by atoms with Crippen molar-refractivity contribution in [2.24, 2.45) is 17.8 Å². The molecular formula is C18H35NO8S. The molecule has 9 nitrogen and oxygen atoms in total. The van der Waals surface area contributed by atoms with Gasteiger partial charge in [0.05, 0.1) is 46.6 Å². The van der Waals surface area contributed by atoms with E-state index in [0.29, 0.717) is 4.48 Å². The molecule has 0 aromatic rings. The summed E-state index contributed by atoms with van der Waals surface area (Å²) < 4.78 is 42.6. The van der Waals surface area contributed by atoms with Crippen LogP contribution in [0.4, 0.5) is 0 Å². The topological polar surface area (TPSA) is 119 Å². The molecule has 0 heterocycles. The van der Waals surface area contributed by atoms with Crippen molar-refractivity contribution in [3.8, 4) is 0 Å². The van der Waals surface area contributed by atoms with Gasteiger partial charge in [0.25, 0.3) is 0 Å². The molecule has 0 radical (unpaired) electrons. The Morgan fingerprint density at radius 3 is 1.36 bits per heavy atom. The molecule has 166 valence electrons. The van der Waals surface area contributed by atoms with E-state index in [4.69, 9.17) is 9.47 Å². The first kappa shape index (κ1) is 26.8. The second-order valence-electron chi connectivity index (χ2n) is 9.83. The number of esters is 2. The van der Waals surface area contributed by atoms with Crippen molar-refractivity contribution in [1.82, 2.24) is 0 Å². The highest BCUT2D eigenvalue weighted by Crippen LogP contribution is 2.49. The van der Waals surface area contributed by atoms with E-state index in [0.717, 1.165) is 13.7 Å². The first-order valence-electron chi connectivity index (χ1n) is 8.94. The number of hydrogen-bond donors (Lipinski definition) is 0. The Labute approximate surface area is 168 Å². The Morgan fingerprint density at radius 2 is 1.18 bits per heavy atom. The first-order valence-corrected chi connectivity index (χ1v) is 10.3. The number of quaternary nitrogens is 1. The lowest BCUT2D eigenvalue weighted by Gasteiger charge is -2.24.